The molecule has 0 aromatic heterocycles. The van der Waals surface area contributed by atoms with E-state index in [0.29, 0.717) is 21.9 Å². The van der Waals surface area contributed by atoms with Gasteiger partial charge >= 0.3 is 0 Å². The van der Waals surface area contributed by atoms with Crippen LogP contribution in [0.4, 0.5) is 5.69 Å². The van der Waals surface area contributed by atoms with Crippen LogP contribution in [0.15, 0.2) is 51.2 Å². The van der Waals surface area contributed by atoms with Crippen molar-refractivity contribution in [1.82, 2.24) is 0 Å². The van der Waals surface area contributed by atoms with Gasteiger partial charge in [-0.05, 0) is 43.0 Å². The van der Waals surface area contributed by atoms with E-state index in [1.165, 1.54) is 17.8 Å². The maximum Gasteiger partial charge on any atom is 0.284 e. The number of rotatable bonds is 5. The van der Waals surface area contributed by atoms with Crippen LogP contribution in [0.2, 0.25) is 5.02 Å². The number of hydrogen-bond acceptors (Lipinski definition) is 4. The minimum atomic E-state index is -0.566. The summed E-state index contributed by atoms with van der Waals surface area (Å²) in [5.41, 5.74) is 0.765. The van der Waals surface area contributed by atoms with Gasteiger partial charge in [0.15, 0.2) is 0 Å². The smallest absolute Gasteiger partial charge is 0.267 e. The number of amides is 1. The first-order valence-electron chi connectivity index (χ1n) is 6.72. The zero-order valence-corrected chi connectivity index (χ0v) is 13.9. The van der Waals surface area contributed by atoms with Crippen LogP contribution in [0.5, 0.6) is 0 Å². The van der Waals surface area contributed by atoms with E-state index in [2.05, 4.69) is 11.7 Å². The number of nitrogens with zero attached hydrogens (tertiary/aromatic N) is 2. The van der Waals surface area contributed by atoms with Crippen LogP contribution in [0, 0.1) is 10.1 Å². The summed E-state index contributed by atoms with van der Waals surface area (Å²) in [6, 6.07) is 9.97. The Hall–Kier alpha value is -2.18. The number of aryl methyl sites for hydroxylation is 1. The molecule has 0 spiro atoms. The lowest BCUT2D eigenvalue weighted by Crippen LogP contribution is -2.03. The number of carbonyl (C=O) groups excluding carboxylic acids is 1. The van der Waals surface area contributed by atoms with Gasteiger partial charge in [0, 0.05) is 16.0 Å². The van der Waals surface area contributed by atoms with Crippen molar-refractivity contribution in [3.63, 3.8) is 0 Å². The normalized spacial score (nSPS) is 10.3. The lowest BCUT2D eigenvalue weighted by atomic mass is 10.0. The number of carbonyl (C=O) groups is 1. The number of nitro groups is 1. The van der Waals surface area contributed by atoms with E-state index in [0.717, 1.165) is 4.90 Å². The summed E-state index contributed by atoms with van der Waals surface area (Å²) in [6.45, 7) is 5.07. The lowest BCUT2D eigenvalue weighted by Gasteiger charge is -2.09. The van der Waals surface area contributed by atoms with Crippen LogP contribution < -0.4 is 0 Å². The standard InChI is InChI=1S/C16H13ClN2O3S/c1-3-10-7-15(23-12-6-4-5-11(17)8-12)14(19(21)22)9-13(10)16(20)18-2/h4-9H,2-3H2,1H3. The highest BCUT2D eigenvalue weighted by molar-refractivity contribution is 7.99. The Bertz CT molecular complexity index is 793. The van der Waals surface area contributed by atoms with Crippen molar-refractivity contribution in [2.75, 3.05) is 0 Å². The molecular formula is C16H13ClN2O3S. The molecule has 0 aliphatic carbocycles. The van der Waals surface area contributed by atoms with E-state index in [1.54, 1.807) is 24.3 Å². The van der Waals surface area contributed by atoms with Crippen LogP contribution in [0.25, 0.3) is 0 Å². The quantitative estimate of drug-likeness (QED) is 0.442. The second-order valence-electron chi connectivity index (χ2n) is 4.61. The first kappa shape index (κ1) is 17.2. The first-order chi connectivity index (χ1) is 11.0. The number of benzene rings is 2. The lowest BCUT2D eigenvalue weighted by molar-refractivity contribution is -0.387. The van der Waals surface area contributed by atoms with E-state index >= 15 is 0 Å². The van der Waals surface area contributed by atoms with Gasteiger partial charge in [-0.2, -0.15) is 0 Å². The third kappa shape index (κ3) is 3.97. The van der Waals surface area contributed by atoms with Crippen LogP contribution in [-0.2, 0) is 6.42 Å². The molecule has 0 aliphatic rings. The Labute approximate surface area is 142 Å². The molecule has 23 heavy (non-hydrogen) atoms. The van der Waals surface area contributed by atoms with E-state index in [-0.39, 0.29) is 11.3 Å². The molecule has 2 aromatic rings. The van der Waals surface area contributed by atoms with Gasteiger partial charge in [0.05, 0.1) is 15.4 Å². The molecule has 0 saturated heterocycles. The second kappa shape index (κ2) is 7.39. The minimum absolute atomic E-state index is 0.140. The van der Waals surface area contributed by atoms with E-state index < -0.39 is 10.8 Å². The van der Waals surface area contributed by atoms with Crippen molar-refractivity contribution < 1.29 is 9.72 Å². The Morgan fingerprint density at radius 1 is 1.39 bits per heavy atom. The zero-order valence-electron chi connectivity index (χ0n) is 12.3. The molecule has 118 valence electrons. The molecule has 7 heteroatoms. The molecule has 0 N–H and O–H groups in total. The van der Waals surface area contributed by atoms with Crippen molar-refractivity contribution in [3.8, 4) is 0 Å². The molecule has 0 heterocycles. The highest BCUT2D eigenvalue weighted by atomic mass is 35.5. The summed E-state index contributed by atoms with van der Waals surface area (Å²) in [5.74, 6) is -0.566. The maximum absolute atomic E-state index is 11.8. The Balaban J connectivity index is 2.55. The molecule has 2 aromatic carbocycles. The number of halogens is 1. The van der Waals surface area contributed by atoms with Gasteiger partial charge in [-0.3, -0.25) is 14.9 Å². The van der Waals surface area contributed by atoms with E-state index in [1.807, 2.05) is 13.0 Å². The molecule has 0 radical (unpaired) electrons. The predicted molar refractivity (Wildman–Crippen MR) is 91.9 cm³/mol. The third-order valence-corrected chi connectivity index (χ3v) is 4.43. The van der Waals surface area contributed by atoms with Gasteiger partial charge in [0.1, 0.15) is 0 Å². The predicted octanol–water partition coefficient (Wildman–Crippen LogP) is 4.80. The Kier molecular flexibility index (Phi) is 5.52. The zero-order chi connectivity index (χ0) is 17.0. The summed E-state index contributed by atoms with van der Waals surface area (Å²) < 4.78 is 0. The number of hydrogen-bond donors (Lipinski definition) is 0. The first-order valence-corrected chi connectivity index (χ1v) is 7.91. The second-order valence-corrected chi connectivity index (χ2v) is 6.16. The molecule has 0 atom stereocenters. The topological polar surface area (TPSA) is 72.6 Å². The third-order valence-electron chi connectivity index (χ3n) is 3.16. The van der Waals surface area contributed by atoms with Crippen LogP contribution in [0.3, 0.4) is 0 Å². The van der Waals surface area contributed by atoms with E-state index in [9.17, 15) is 14.9 Å². The highest BCUT2D eigenvalue weighted by Gasteiger charge is 2.21. The summed E-state index contributed by atoms with van der Waals surface area (Å²) in [7, 11) is 0. The van der Waals surface area contributed by atoms with Crippen molar-refractivity contribution in [1.29, 1.82) is 0 Å². The largest absolute Gasteiger partial charge is 0.284 e. The summed E-state index contributed by atoms with van der Waals surface area (Å²) in [6.07, 6.45) is 0.553. The summed E-state index contributed by atoms with van der Waals surface area (Å²) in [4.78, 5) is 27.2. The molecule has 0 saturated carbocycles. The molecule has 2 rings (SSSR count). The molecule has 0 fully saturated rings. The monoisotopic (exact) mass is 348 g/mol. The minimum Gasteiger partial charge on any atom is -0.267 e. The Morgan fingerprint density at radius 2 is 2.13 bits per heavy atom. The molecule has 0 aliphatic heterocycles. The SMILES string of the molecule is C=NC(=O)c1cc([N+](=O)[O-])c(Sc2cccc(Cl)c2)cc1CC. The van der Waals surface area contributed by atoms with Crippen LogP contribution in [0.1, 0.15) is 22.8 Å². The van der Waals surface area contributed by atoms with Gasteiger partial charge in [-0.1, -0.05) is 36.4 Å². The number of aliphatic imine (C=N–C) groups is 1. The number of nitro benzene ring substituents is 1. The fourth-order valence-electron chi connectivity index (χ4n) is 2.07. The van der Waals surface area contributed by atoms with Crippen LogP contribution in [-0.4, -0.2) is 17.5 Å². The highest BCUT2D eigenvalue weighted by Crippen LogP contribution is 2.37. The average Bonchev–Trinajstić information content (AvgIpc) is 2.53. The van der Waals surface area contributed by atoms with Crippen molar-refractivity contribution in [3.05, 3.63) is 62.7 Å². The Morgan fingerprint density at radius 3 is 2.70 bits per heavy atom. The van der Waals surface area contributed by atoms with Crippen molar-refractivity contribution in [2.24, 2.45) is 4.99 Å². The van der Waals surface area contributed by atoms with E-state index in [4.69, 9.17) is 11.6 Å². The van der Waals surface area contributed by atoms with Crippen molar-refractivity contribution in [2.45, 2.75) is 23.1 Å². The van der Waals surface area contributed by atoms with Gasteiger partial charge in [-0.25, -0.2) is 4.99 Å². The molecule has 0 bridgehead atoms. The van der Waals surface area contributed by atoms with Gasteiger partial charge < -0.3 is 0 Å². The molecule has 0 unspecified atom stereocenters. The fourth-order valence-corrected chi connectivity index (χ4v) is 3.35. The van der Waals surface area contributed by atoms with Crippen molar-refractivity contribution >= 4 is 41.7 Å². The van der Waals surface area contributed by atoms with Gasteiger partial charge in [-0.15, -0.1) is 0 Å². The maximum atomic E-state index is 11.8. The molecule has 5 nitrogen and oxygen atoms in total. The summed E-state index contributed by atoms with van der Waals surface area (Å²) in [5, 5.41) is 11.9. The fraction of sp³-hybridized carbons (Fsp3) is 0.125. The van der Waals surface area contributed by atoms with Gasteiger partial charge in [0.25, 0.3) is 11.6 Å². The average molecular weight is 349 g/mol. The molecule has 1 amide bonds. The summed E-state index contributed by atoms with van der Waals surface area (Å²) >= 11 is 7.18. The van der Waals surface area contributed by atoms with Crippen LogP contribution >= 0.6 is 23.4 Å². The molecular weight excluding hydrogens is 336 g/mol. The van der Waals surface area contributed by atoms with Gasteiger partial charge in [0.2, 0.25) is 0 Å².